The third-order valence-corrected chi connectivity index (χ3v) is 7.26. The van der Waals surface area contributed by atoms with Gasteiger partial charge in [0, 0.05) is 56.7 Å². The number of amides is 2. The monoisotopic (exact) mass is 511 g/mol. The number of anilines is 1. The lowest BCUT2D eigenvalue weighted by atomic mass is 9.98. The van der Waals surface area contributed by atoms with E-state index in [0.29, 0.717) is 25.4 Å². The number of hydrogen-bond donors (Lipinski definition) is 3. The maximum atomic E-state index is 12.0. The lowest BCUT2D eigenvalue weighted by Crippen LogP contribution is -2.48. The topological polar surface area (TPSA) is 102 Å². The molecule has 2 aromatic rings. The van der Waals surface area contributed by atoms with E-state index >= 15 is 0 Å². The van der Waals surface area contributed by atoms with Crippen molar-refractivity contribution in [3.05, 3.63) is 65.2 Å². The number of nitrogens with one attached hydrogen (secondary N) is 2. The molecule has 2 amide bonds. The number of ether oxygens (including phenoxy) is 4. The van der Waals surface area contributed by atoms with Crippen LogP contribution in [0.4, 0.5) is 10.5 Å². The summed E-state index contributed by atoms with van der Waals surface area (Å²) in [4.78, 5) is 14.4. The van der Waals surface area contributed by atoms with E-state index in [1.165, 1.54) is 0 Å². The number of piperidine rings is 1. The molecule has 3 unspecified atom stereocenters. The second-order valence-electron chi connectivity index (χ2n) is 9.87. The zero-order valence-electron chi connectivity index (χ0n) is 21.4. The molecule has 37 heavy (non-hydrogen) atoms. The minimum Gasteiger partial charge on any atom is -0.392 e. The Morgan fingerprint density at radius 2 is 1.81 bits per heavy atom. The zero-order chi connectivity index (χ0) is 25.7. The standard InChI is InChI=1S/C28H37N3O6/c1-2-29-27(33)30-23-5-3-4-22(16-23)26-36-24(17-25(37-26)21-8-6-20(19-32)7-9-21)18-31-12-10-28(11-13-31)34-14-15-35-28/h3-9,16,24-26,32H,2,10-15,17-19H2,1H3,(H2,29,30,33). The van der Waals surface area contributed by atoms with Crippen LogP contribution in [0.15, 0.2) is 48.5 Å². The molecular formula is C28H37N3O6. The fourth-order valence-corrected chi connectivity index (χ4v) is 5.28. The first-order valence-electron chi connectivity index (χ1n) is 13.2. The van der Waals surface area contributed by atoms with Crippen LogP contribution in [0.1, 0.15) is 55.3 Å². The van der Waals surface area contributed by atoms with Crippen molar-refractivity contribution in [2.24, 2.45) is 0 Å². The molecule has 0 radical (unpaired) electrons. The van der Waals surface area contributed by atoms with E-state index < -0.39 is 12.1 Å². The molecule has 3 aliphatic rings. The first-order chi connectivity index (χ1) is 18.1. The molecule has 3 atom stereocenters. The molecule has 3 N–H and O–H groups in total. The van der Waals surface area contributed by atoms with Crippen LogP contribution in [0.25, 0.3) is 0 Å². The molecule has 1 spiro atoms. The van der Waals surface area contributed by atoms with E-state index in [1.807, 2.05) is 55.5 Å². The summed E-state index contributed by atoms with van der Waals surface area (Å²) in [6.07, 6.45) is 1.67. The van der Waals surface area contributed by atoms with Crippen LogP contribution >= 0.6 is 0 Å². The first-order valence-corrected chi connectivity index (χ1v) is 13.2. The Morgan fingerprint density at radius 1 is 1.05 bits per heavy atom. The highest BCUT2D eigenvalue weighted by molar-refractivity contribution is 5.89. The van der Waals surface area contributed by atoms with Gasteiger partial charge in [0.2, 0.25) is 0 Å². The molecule has 3 heterocycles. The van der Waals surface area contributed by atoms with Gasteiger partial charge in [-0.05, 0) is 30.2 Å². The van der Waals surface area contributed by atoms with Gasteiger partial charge in [0.25, 0.3) is 0 Å². The van der Waals surface area contributed by atoms with Crippen molar-refractivity contribution in [3.63, 3.8) is 0 Å². The minimum atomic E-state index is -0.574. The van der Waals surface area contributed by atoms with E-state index in [1.54, 1.807) is 0 Å². The molecule has 200 valence electrons. The molecule has 0 aromatic heterocycles. The van der Waals surface area contributed by atoms with Crippen LogP contribution in [-0.2, 0) is 25.6 Å². The van der Waals surface area contributed by atoms with Gasteiger partial charge >= 0.3 is 6.03 Å². The molecule has 5 rings (SSSR count). The zero-order valence-corrected chi connectivity index (χ0v) is 21.4. The third-order valence-electron chi connectivity index (χ3n) is 7.26. The fourth-order valence-electron chi connectivity index (χ4n) is 5.28. The van der Waals surface area contributed by atoms with E-state index in [2.05, 4.69) is 15.5 Å². The van der Waals surface area contributed by atoms with Gasteiger partial charge in [-0.2, -0.15) is 0 Å². The van der Waals surface area contributed by atoms with Gasteiger partial charge in [-0.1, -0.05) is 36.4 Å². The van der Waals surface area contributed by atoms with Crippen molar-refractivity contribution in [1.82, 2.24) is 10.2 Å². The summed E-state index contributed by atoms with van der Waals surface area (Å²) in [5, 5.41) is 15.1. The Bertz CT molecular complexity index is 1030. The molecule has 2 aromatic carbocycles. The minimum absolute atomic E-state index is 0.00937. The van der Waals surface area contributed by atoms with Crippen LogP contribution in [0.2, 0.25) is 0 Å². The highest BCUT2D eigenvalue weighted by Crippen LogP contribution is 2.39. The van der Waals surface area contributed by atoms with Crippen LogP contribution in [0, 0.1) is 0 Å². The van der Waals surface area contributed by atoms with Crippen molar-refractivity contribution < 1.29 is 28.8 Å². The van der Waals surface area contributed by atoms with Gasteiger partial charge in [0.05, 0.1) is 32.0 Å². The Morgan fingerprint density at radius 3 is 2.51 bits per heavy atom. The summed E-state index contributed by atoms with van der Waals surface area (Å²) in [6, 6.07) is 15.2. The predicted molar refractivity (Wildman–Crippen MR) is 138 cm³/mol. The van der Waals surface area contributed by atoms with Crippen LogP contribution in [0.3, 0.4) is 0 Å². The van der Waals surface area contributed by atoms with E-state index in [4.69, 9.17) is 18.9 Å². The van der Waals surface area contributed by atoms with E-state index in [9.17, 15) is 9.90 Å². The Kier molecular flexibility index (Phi) is 8.39. The summed E-state index contributed by atoms with van der Waals surface area (Å²) in [7, 11) is 0. The molecule has 3 aliphatic heterocycles. The number of aliphatic hydroxyl groups excluding tert-OH is 1. The second kappa shape index (κ2) is 11.9. The van der Waals surface area contributed by atoms with Crippen molar-refractivity contribution in [2.75, 3.05) is 44.7 Å². The van der Waals surface area contributed by atoms with Crippen LogP contribution < -0.4 is 10.6 Å². The molecule has 3 fully saturated rings. The summed E-state index contributed by atoms with van der Waals surface area (Å²) >= 11 is 0. The number of likely N-dealkylation sites (tertiary alicyclic amines) is 1. The smallest absolute Gasteiger partial charge is 0.319 e. The van der Waals surface area contributed by atoms with Gasteiger partial charge in [0.1, 0.15) is 0 Å². The predicted octanol–water partition coefficient (Wildman–Crippen LogP) is 3.70. The lowest BCUT2D eigenvalue weighted by Gasteiger charge is -2.41. The van der Waals surface area contributed by atoms with Crippen LogP contribution in [-0.4, -0.2) is 67.3 Å². The second-order valence-corrected chi connectivity index (χ2v) is 9.87. The normalized spacial score (nSPS) is 25.7. The largest absolute Gasteiger partial charge is 0.392 e. The number of aliphatic hydroxyl groups is 1. The van der Waals surface area contributed by atoms with Crippen molar-refractivity contribution in [2.45, 2.75) is 57.1 Å². The summed E-state index contributed by atoms with van der Waals surface area (Å²) in [6.45, 7) is 6.37. The number of benzene rings is 2. The third kappa shape index (κ3) is 6.49. The molecule has 9 nitrogen and oxygen atoms in total. The maximum Gasteiger partial charge on any atom is 0.319 e. The van der Waals surface area contributed by atoms with Crippen molar-refractivity contribution >= 4 is 11.7 Å². The van der Waals surface area contributed by atoms with Crippen LogP contribution in [0.5, 0.6) is 0 Å². The number of urea groups is 1. The number of nitrogens with zero attached hydrogens (tertiary/aromatic N) is 1. The van der Waals surface area contributed by atoms with E-state index in [0.717, 1.165) is 55.6 Å². The molecule has 0 aliphatic carbocycles. The fraction of sp³-hybridized carbons (Fsp3) is 0.536. The number of carbonyl (C=O) groups excluding carboxylic acids is 1. The number of carbonyl (C=O) groups is 1. The summed E-state index contributed by atoms with van der Waals surface area (Å²) < 4.78 is 24.7. The lowest BCUT2D eigenvalue weighted by molar-refractivity contribution is -0.255. The first kappa shape index (κ1) is 26.1. The van der Waals surface area contributed by atoms with Crippen molar-refractivity contribution in [1.29, 1.82) is 0 Å². The van der Waals surface area contributed by atoms with Gasteiger partial charge in [-0.15, -0.1) is 0 Å². The number of hydrogen-bond acceptors (Lipinski definition) is 7. The van der Waals surface area contributed by atoms with E-state index in [-0.39, 0.29) is 24.8 Å². The van der Waals surface area contributed by atoms with Crippen molar-refractivity contribution in [3.8, 4) is 0 Å². The van der Waals surface area contributed by atoms with Gasteiger partial charge in [-0.25, -0.2) is 4.79 Å². The highest BCUT2D eigenvalue weighted by atomic mass is 16.7. The molecule has 0 saturated carbocycles. The maximum absolute atomic E-state index is 12.0. The highest BCUT2D eigenvalue weighted by Gasteiger charge is 2.41. The molecular weight excluding hydrogens is 474 g/mol. The Hall–Kier alpha value is -2.53. The molecule has 0 bridgehead atoms. The average molecular weight is 512 g/mol. The SMILES string of the molecule is CCNC(=O)Nc1cccc(C2OC(CN3CCC4(CC3)OCCO4)CC(c3ccc(CO)cc3)O2)c1. The average Bonchev–Trinajstić information content (AvgIpc) is 3.38. The summed E-state index contributed by atoms with van der Waals surface area (Å²) in [5.41, 5.74) is 3.45. The summed E-state index contributed by atoms with van der Waals surface area (Å²) in [5.74, 6) is -0.399. The Labute approximate surface area is 218 Å². The Balaban J connectivity index is 1.31. The number of rotatable bonds is 7. The molecule has 9 heteroatoms. The molecule has 3 saturated heterocycles. The van der Waals surface area contributed by atoms with Gasteiger partial charge in [0.15, 0.2) is 12.1 Å². The quantitative estimate of drug-likeness (QED) is 0.521. The van der Waals surface area contributed by atoms with Gasteiger partial charge in [-0.3, -0.25) is 0 Å². The van der Waals surface area contributed by atoms with Gasteiger partial charge < -0.3 is 39.6 Å².